The lowest BCUT2D eigenvalue weighted by molar-refractivity contribution is -0.116. The highest BCUT2D eigenvalue weighted by molar-refractivity contribution is 5.96. The van der Waals surface area contributed by atoms with Crippen LogP contribution in [0.3, 0.4) is 0 Å². The van der Waals surface area contributed by atoms with E-state index >= 15 is 0 Å². The Morgan fingerprint density at radius 3 is 2.65 bits per heavy atom. The van der Waals surface area contributed by atoms with E-state index < -0.39 is 5.97 Å². The second kappa shape index (κ2) is 6.03. The van der Waals surface area contributed by atoms with E-state index in [0.29, 0.717) is 17.7 Å². The van der Waals surface area contributed by atoms with Gasteiger partial charge in [-0.2, -0.15) is 0 Å². The molecule has 0 unspecified atom stereocenters. The molecule has 0 saturated heterocycles. The zero-order valence-electron chi connectivity index (χ0n) is 10.4. The molecule has 0 aliphatic rings. The highest BCUT2D eigenvalue weighted by atomic mass is 16.5. The van der Waals surface area contributed by atoms with Crippen molar-refractivity contribution in [3.63, 3.8) is 0 Å². The van der Waals surface area contributed by atoms with Gasteiger partial charge >= 0.3 is 5.97 Å². The topological polar surface area (TPSA) is 55.4 Å². The minimum Gasteiger partial charge on any atom is -0.465 e. The standard InChI is InChI=1S/C13H17NO3/c1-4-6-12(15)14-11-8-5-7-10(9(11)2)13(16)17-3/h5,7-8H,4,6H2,1-3H3,(H,14,15). The molecule has 1 amide bonds. The number of anilines is 1. The molecule has 0 atom stereocenters. The lowest BCUT2D eigenvalue weighted by Gasteiger charge is -2.10. The van der Waals surface area contributed by atoms with Crippen LogP contribution >= 0.6 is 0 Å². The number of amides is 1. The molecule has 1 aromatic rings. The van der Waals surface area contributed by atoms with Gasteiger partial charge in [0.15, 0.2) is 0 Å². The maximum atomic E-state index is 11.5. The van der Waals surface area contributed by atoms with Crippen molar-refractivity contribution in [1.29, 1.82) is 0 Å². The zero-order valence-corrected chi connectivity index (χ0v) is 10.4. The van der Waals surface area contributed by atoms with Crippen LogP contribution in [0, 0.1) is 6.92 Å². The van der Waals surface area contributed by atoms with Crippen molar-refractivity contribution in [2.45, 2.75) is 26.7 Å². The number of carbonyl (C=O) groups excluding carboxylic acids is 2. The van der Waals surface area contributed by atoms with Gasteiger partial charge in [0.25, 0.3) is 0 Å². The predicted octanol–water partition coefficient (Wildman–Crippen LogP) is 2.52. The molecule has 1 N–H and O–H groups in total. The predicted molar refractivity (Wildman–Crippen MR) is 66.1 cm³/mol. The summed E-state index contributed by atoms with van der Waals surface area (Å²) in [6.45, 7) is 3.73. The van der Waals surface area contributed by atoms with E-state index in [9.17, 15) is 9.59 Å². The Bertz CT molecular complexity index is 427. The molecule has 92 valence electrons. The van der Waals surface area contributed by atoms with Gasteiger partial charge < -0.3 is 10.1 Å². The van der Waals surface area contributed by atoms with Gasteiger partial charge in [-0.25, -0.2) is 4.79 Å². The van der Waals surface area contributed by atoms with Crippen molar-refractivity contribution < 1.29 is 14.3 Å². The second-order valence-corrected chi connectivity index (χ2v) is 3.77. The first-order chi connectivity index (χ1) is 8.10. The number of methoxy groups -OCH3 is 1. The van der Waals surface area contributed by atoms with E-state index in [2.05, 4.69) is 10.1 Å². The molecule has 0 saturated carbocycles. The first kappa shape index (κ1) is 13.2. The summed E-state index contributed by atoms with van der Waals surface area (Å²) in [5, 5.41) is 2.78. The van der Waals surface area contributed by atoms with Gasteiger partial charge in [-0.1, -0.05) is 13.0 Å². The number of esters is 1. The summed E-state index contributed by atoms with van der Waals surface area (Å²) in [7, 11) is 1.34. The number of ether oxygens (including phenoxy) is 1. The molecule has 0 aliphatic carbocycles. The van der Waals surface area contributed by atoms with Crippen LogP contribution in [0.2, 0.25) is 0 Å². The van der Waals surface area contributed by atoms with Crippen molar-refractivity contribution in [3.8, 4) is 0 Å². The SMILES string of the molecule is CCCC(=O)Nc1cccc(C(=O)OC)c1C. The largest absolute Gasteiger partial charge is 0.465 e. The minimum absolute atomic E-state index is 0.0439. The number of nitrogens with one attached hydrogen (secondary N) is 1. The van der Waals surface area contributed by atoms with E-state index in [0.717, 1.165) is 12.0 Å². The lowest BCUT2D eigenvalue weighted by atomic mass is 10.1. The molecule has 4 nitrogen and oxygen atoms in total. The van der Waals surface area contributed by atoms with Crippen LogP contribution in [0.4, 0.5) is 5.69 Å². The zero-order chi connectivity index (χ0) is 12.8. The Morgan fingerprint density at radius 2 is 2.06 bits per heavy atom. The Morgan fingerprint density at radius 1 is 1.35 bits per heavy atom. The van der Waals surface area contributed by atoms with Gasteiger partial charge in [0.05, 0.1) is 12.7 Å². The number of rotatable bonds is 4. The van der Waals surface area contributed by atoms with Gasteiger partial charge in [-0.3, -0.25) is 4.79 Å². The smallest absolute Gasteiger partial charge is 0.338 e. The van der Waals surface area contributed by atoms with Crippen LogP contribution in [-0.4, -0.2) is 19.0 Å². The van der Waals surface area contributed by atoms with Crippen LogP contribution in [0.5, 0.6) is 0 Å². The van der Waals surface area contributed by atoms with Gasteiger partial charge in [0.2, 0.25) is 5.91 Å². The van der Waals surface area contributed by atoms with E-state index in [1.807, 2.05) is 6.92 Å². The molecular weight excluding hydrogens is 218 g/mol. The van der Waals surface area contributed by atoms with Gasteiger partial charge in [0.1, 0.15) is 0 Å². The highest BCUT2D eigenvalue weighted by Crippen LogP contribution is 2.19. The Kier molecular flexibility index (Phi) is 4.69. The molecule has 1 rings (SSSR count). The maximum Gasteiger partial charge on any atom is 0.338 e. The van der Waals surface area contributed by atoms with E-state index in [1.54, 1.807) is 25.1 Å². The summed E-state index contributed by atoms with van der Waals surface area (Å²) >= 11 is 0. The van der Waals surface area contributed by atoms with Crippen molar-refractivity contribution in [2.75, 3.05) is 12.4 Å². The highest BCUT2D eigenvalue weighted by Gasteiger charge is 2.12. The fourth-order valence-corrected chi connectivity index (χ4v) is 1.54. The maximum absolute atomic E-state index is 11.5. The molecule has 1 aromatic carbocycles. The van der Waals surface area contributed by atoms with Crippen molar-refractivity contribution in [3.05, 3.63) is 29.3 Å². The average Bonchev–Trinajstić information content (AvgIpc) is 2.31. The normalized spacial score (nSPS) is 9.82. The fourth-order valence-electron chi connectivity index (χ4n) is 1.54. The number of benzene rings is 1. The third-order valence-corrected chi connectivity index (χ3v) is 2.49. The minimum atomic E-state index is -0.394. The third kappa shape index (κ3) is 3.31. The number of hydrogen-bond acceptors (Lipinski definition) is 3. The Hall–Kier alpha value is -1.84. The summed E-state index contributed by atoms with van der Waals surface area (Å²) < 4.78 is 4.67. The molecule has 0 aromatic heterocycles. The molecule has 0 heterocycles. The lowest BCUT2D eigenvalue weighted by Crippen LogP contribution is -2.13. The molecule has 17 heavy (non-hydrogen) atoms. The van der Waals surface area contributed by atoms with E-state index in [-0.39, 0.29) is 5.91 Å². The van der Waals surface area contributed by atoms with Crippen LogP contribution < -0.4 is 5.32 Å². The summed E-state index contributed by atoms with van der Waals surface area (Å²) in [4.78, 5) is 23.0. The van der Waals surface area contributed by atoms with Crippen molar-refractivity contribution in [1.82, 2.24) is 0 Å². The first-order valence-electron chi connectivity index (χ1n) is 5.58. The third-order valence-electron chi connectivity index (χ3n) is 2.49. The molecule has 0 bridgehead atoms. The van der Waals surface area contributed by atoms with Gasteiger partial charge in [-0.15, -0.1) is 0 Å². The molecule has 0 aliphatic heterocycles. The molecule has 0 radical (unpaired) electrons. The second-order valence-electron chi connectivity index (χ2n) is 3.77. The van der Waals surface area contributed by atoms with E-state index in [1.165, 1.54) is 7.11 Å². The summed E-state index contributed by atoms with van der Waals surface area (Å²) in [6.07, 6.45) is 1.27. The van der Waals surface area contributed by atoms with E-state index in [4.69, 9.17) is 0 Å². The molecule has 0 fully saturated rings. The summed E-state index contributed by atoms with van der Waals surface area (Å²) in [5.41, 5.74) is 1.86. The summed E-state index contributed by atoms with van der Waals surface area (Å²) in [6, 6.07) is 5.17. The van der Waals surface area contributed by atoms with Crippen LogP contribution in [0.25, 0.3) is 0 Å². The summed E-state index contributed by atoms with van der Waals surface area (Å²) in [5.74, 6) is -0.438. The van der Waals surface area contributed by atoms with Crippen molar-refractivity contribution in [2.24, 2.45) is 0 Å². The quantitative estimate of drug-likeness (QED) is 0.816. The molecular formula is C13H17NO3. The number of carbonyl (C=O) groups is 2. The average molecular weight is 235 g/mol. The monoisotopic (exact) mass is 235 g/mol. The van der Waals surface area contributed by atoms with Crippen LogP contribution in [-0.2, 0) is 9.53 Å². The molecule has 4 heteroatoms. The van der Waals surface area contributed by atoms with Crippen LogP contribution in [0.1, 0.15) is 35.7 Å². The molecule has 0 spiro atoms. The van der Waals surface area contributed by atoms with Crippen molar-refractivity contribution >= 4 is 17.6 Å². The van der Waals surface area contributed by atoms with Gasteiger partial charge in [0, 0.05) is 12.1 Å². The fraction of sp³-hybridized carbons (Fsp3) is 0.385. The number of hydrogen-bond donors (Lipinski definition) is 1. The van der Waals surface area contributed by atoms with Crippen LogP contribution in [0.15, 0.2) is 18.2 Å². The Balaban J connectivity index is 2.94. The Labute approximate surface area is 101 Å². The first-order valence-corrected chi connectivity index (χ1v) is 5.58. The van der Waals surface area contributed by atoms with Gasteiger partial charge in [-0.05, 0) is 31.0 Å².